The van der Waals surface area contributed by atoms with Gasteiger partial charge in [0.05, 0.1) is 5.69 Å². The van der Waals surface area contributed by atoms with E-state index in [1.807, 2.05) is 10.9 Å². The van der Waals surface area contributed by atoms with Crippen LogP contribution >= 0.6 is 0 Å². The predicted molar refractivity (Wildman–Crippen MR) is 74.6 cm³/mol. The van der Waals surface area contributed by atoms with Crippen LogP contribution in [-0.2, 0) is 4.79 Å². The Labute approximate surface area is 113 Å². The molecule has 98 valence electrons. The fourth-order valence-electron chi connectivity index (χ4n) is 2.44. The first kappa shape index (κ1) is 12.2. The third-order valence-corrected chi connectivity index (χ3v) is 3.82. The summed E-state index contributed by atoms with van der Waals surface area (Å²) in [6, 6.07) is 10.5. The number of aldehydes is 1. The number of nitrogens with zero attached hydrogens (tertiary/aromatic N) is 2. The van der Waals surface area contributed by atoms with Crippen LogP contribution in [0.15, 0.2) is 36.5 Å². The molecule has 0 N–H and O–H groups in total. The van der Waals surface area contributed by atoms with Crippen molar-refractivity contribution in [2.45, 2.75) is 38.0 Å². The number of benzene rings is 1. The molecular weight excluding hydrogens is 236 g/mol. The highest BCUT2D eigenvalue weighted by Gasteiger charge is 2.27. The summed E-state index contributed by atoms with van der Waals surface area (Å²) in [4.78, 5) is 10.6. The number of hydrogen-bond donors (Lipinski definition) is 0. The topological polar surface area (TPSA) is 34.9 Å². The first-order valence-corrected chi connectivity index (χ1v) is 6.87. The van der Waals surface area contributed by atoms with Gasteiger partial charge in [0, 0.05) is 24.2 Å². The van der Waals surface area contributed by atoms with Gasteiger partial charge in [-0.25, -0.2) is 4.68 Å². The number of aromatic nitrogens is 2. The standard InChI is InChI=1S/C16H18N2O/c1-12(9-11-19)13-4-6-15(7-5-13)18-16(8-10-17-18)14-2-3-14/h4-8,10-12,14H,2-3,9H2,1H3. The van der Waals surface area contributed by atoms with E-state index >= 15 is 0 Å². The van der Waals surface area contributed by atoms with Crippen molar-refractivity contribution in [1.29, 1.82) is 0 Å². The van der Waals surface area contributed by atoms with Gasteiger partial charge in [-0.1, -0.05) is 19.1 Å². The molecule has 3 rings (SSSR count). The maximum Gasteiger partial charge on any atom is 0.120 e. The monoisotopic (exact) mass is 254 g/mol. The molecule has 1 atom stereocenters. The van der Waals surface area contributed by atoms with E-state index in [1.165, 1.54) is 24.1 Å². The van der Waals surface area contributed by atoms with E-state index in [9.17, 15) is 4.79 Å². The van der Waals surface area contributed by atoms with E-state index in [2.05, 4.69) is 42.4 Å². The molecule has 0 bridgehead atoms. The van der Waals surface area contributed by atoms with Crippen molar-refractivity contribution < 1.29 is 4.79 Å². The van der Waals surface area contributed by atoms with Gasteiger partial charge in [-0.2, -0.15) is 5.10 Å². The highest BCUT2D eigenvalue weighted by Crippen LogP contribution is 2.40. The highest BCUT2D eigenvalue weighted by atomic mass is 16.1. The number of carbonyl (C=O) groups is 1. The van der Waals surface area contributed by atoms with Gasteiger partial charge in [-0.05, 0) is 42.5 Å². The van der Waals surface area contributed by atoms with Gasteiger partial charge in [-0.3, -0.25) is 0 Å². The molecule has 1 aromatic heterocycles. The average Bonchev–Trinajstić information content (AvgIpc) is 3.17. The fraction of sp³-hybridized carbons (Fsp3) is 0.375. The molecule has 1 fully saturated rings. The molecule has 19 heavy (non-hydrogen) atoms. The van der Waals surface area contributed by atoms with Crippen LogP contribution in [0.5, 0.6) is 0 Å². The molecule has 0 spiro atoms. The Hall–Kier alpha value is -1.90. The average molecular weight is 254 g/mol. The zero-order valence-electron chi connectivity index (χ0n) is 11.1. The van der Waals surface area contributed by atoms with Crippen LogP contribution in [0.1, 0.15) is 49.3 Å². The Morgan fingerprint density at radius 2 is 2.05 bits per heavy atom. The van der Waals surface area contributed by atoms with Crippen LogP contribution in [-0.4, -0.2) is 16.1 Å². The minimum Gasteiger partial charge on any atom is -0.303 e. The smallest absolute Gasteiger partial charge is 0.120 e. The van der Waals surface area contributed by atoms with Gasteiger partial charge < -0.3 is 4.79 Å². The molecule has 0 amide bonds. The predicted octanol–water partition coefficient (Wildman–Crippen LogP) is 3.44. The lowest BCUT2D eigenvalue weighted by molar-refractivity contribution is -0.108. The Morgan fingerprint density at radius 3 is 2.68 bits per heavy atom. The molecule has 3 nitrogen and oxygen atoms in total. The van der Waals surface area contributed by atoms with Gasteiger partial charge in [0.1, 0.15) is 6.29 Å². The largest absolute Gasteiger partial charge is 0.303 e. The van der Waals surface area contributed by atoms with Crippen LogP contribution in [0.4, 0.5) is 0 Å². The SMILES string of the molecule is CC(CC=O)c1ccc(-n2nccc2C2CC2)cc1. The molecule has 2 aromatic rings. The van der Waals surface area contributed by atoms with Gasteiger partial charge in [0.25, 0.3) is 0 Å². The van der Waals surface area contributed by atoms with Gasteiger partial charge in [-0.15, -0.1) is 0 Å². The zero-order chi connectivity index (χ0) is 13.2. The van der Waals surface area contributed by atoms with Crippen molar-refractivity contribution in [3.05, 3.63) is 47.8 Å². The Balaban J connectivity index is 1.85. The first-order chi connectivity index (χ1) is 9.29. The van der Waals surface area contributed by atoms with E-state index in [-0.39, 0.29) is 5.92 Å². The van der Waals surface area contributed by atoms with E-state index in [0.29, 0.717) is 12.3 Å². The van der Waals surface area contributed by atoms with E-state index in [0.717, 1.165) is 12.0 Å². The molecule has 0 saturated heterocycles. The Bertz CT molecular complexity index is 567. The third kappa shape index (κ3) is 2.46. The van der Waals surface area contributed by atoms with Crippen molar-refractivity contribution in [2.75, 3.05) is 0 Å². The summed E-state index contributed by atoms with van der Waals surface area (Å²) in [5.41, 5.74) is 3.62. The van der Waals surface area contributed by atoms with Gasteiger partial charge >= 0.3 is 0 Å². The summed E-state index contributed by atoms with van der Waals surface area (Å²) in [7, 11) is 0. The zero-order valence-corrected chi connectivity index (χ0v) is 11.1. The molecular formula is C16H18N2O. The molecule has 3 heteroatoms. The number of carbonyl (C=O) groups excluding carboxylic acids is 1. The summed E-state index contributed by atoms with van der Waals surface area (Å²) < 4.78 is 2.03. The van der Waals surface area contributed by atoms with Crippen LogP contribution in [0.2, 0.25) is 0 Å². The third-order valence-electron chi connectivity index (χ3n) is 3.82. The summed E-state index contributed by atoms with van der Waals surface area (Å²) in [6.07, 6.45) is 5.99. The summed E-state index contributed by atoms with van der Waals surface area (Å²) in [5.74, 6) is 0.975. The van der Waals surface area contributed by atoms with Crippen molar-refractivity contribution in [3.8, 4) is 5.69 Å². The maximum absolute atomic E-state index is 10.6. The normalized spacial score (nSPS) is 16.3. The van der Waals surface area contributed by atoms with Crippen LogP contribution < -0.4 is 0 Å². The van der Waals surface area contributed by atoms with Gasteiger partial charge in [0.15, 0.2) is 0 Å². The lowest BCUT2D eigenvalue weighted by atomic mass is 9.98. The second-order valence-corrected chi connectivity index (χ2v) is 5.34. The van der Waals surface area contributed by atoms with Crippen LogP contribution in [0.25, 0.3) is 5.69 Å². The van der Waals surface area contributed by atoms with Crippen molar-refractivity contribution >= 4 is 6.29 Å². The highest BCUT2D eigenvalue weighted by molar-refractivity contribution is 5.51. The molecule has 0 radical (unpaired) electrons. The maximum atomic E-state index is 10.6. The van der Waals surface area contributed by atoms with Crippen LogP contribution in [0.3, 0.4) is 0 Å². The minimum atomic E-state index is 0.284. The summed E-state index contributed by atoms with van der Waals surface area (Å²) in [6.45, 7) is 2.08. The lowest BCUT2D eigenvalue weighted by Crippen LogP contribution is -2.02. The van der Waals surface area contributed by atoms with Gasteiger partial charge in [0.2, 0.25) is 0 Å². The second-order valence-electron chi connectivity index (χ2n) is 5.34. The van der Waals surface area contributed by atoms with E-state index < -0.39 is 0 Å². The molecule has 1 unspecified atom stereocenters. The molecule has 1 aliphatic carbocycles. The Morgan fingerprint density at radius 1 is 1.32 bits per heavy atom. The van der Waals surface area contributed by atoms with E-state index in [1.54, 1.807) is 0 Å². The minimum absolute atomic E-state index is 0.284. The molecule has 1 aliphatic rings. The first-order valence-electron chi connectivity index (χ1n) is 6.87. The molecule has 1 heterocycles. The Kier molecular flexibility index (Phi) is 3.20. The van der Waals surface area contributed by atoms with Crippen LogP contribution in [0, 0.1) is 0 Å². The quantitative estimate of drug-likeness (QED) is 0.766. The van der Waals surface area contributed by atoms with Crippen molar-refractivity contribution in [1.82, 2.24) is 9.78 Å². The fourth-order valence-corrected chi connectivity index (χ4v) is 2.44. The molecule has 1 aromatic carbocycles. The van der Waals surface area contributed by atoms with Crippen molar-refractivity contribution in [3.63, 3.8) is 0 Å². The number of rotatable bonds is 5. The van der Waals surface area contributed by atoms with E-state index in [4.69, 9.17) is 0 Å². The van der Waals surface area contributed by atoms with Crippen molar-refractivity contribution in [2.24, 2.45) is 0 Å². The summed E-state index contributed by atoms with van der Waals surface area (Å²) in [5, 5.41) is 4.42. The number of hydrogen-bond acceptors (Lipinski definition) is 2. The second kappa shape index (κ2) is 5.00. The molecule has 1 saturated carbocycles. The molecule has 0 aliphatic heterocycles. The lowest BCUT2D eigenvalue weighted by Gasteiger charge is -2.11. The summed E-state index contributed by atoms with van der Waals surface area (Å²) >= 11 is 0.